The Balaban J connectivity index is 4.67. The van der Waals surface area contributed by atoms with E-state index in [1.807, 2.05) is 0 Å². The van der Waals surface area contributed by atoms with Gasteiger partial charge in [0.2, 0.25) is 0 Å². The number of rotatable bonds is 15. The monoisotopic (exact) mass is 485 g/mol. The maximum absolute atomic E-state index is 11.6. The first-order valence-electron chi connectivity index (χ1n) is 9.72. The summed E-state index contributed by atoms with van der Waals surface area (Å²) in [5.41, 5.74) is 0. The predicted molar refractivity (Wildman–Crippen MR) is 113 cm³/mol. The van der Waals surface area contributed by atoms with Crippen LogP contribution >= 0.6 is 0 Å². The van der Waals surface area contributed by atoms with Crippen molar-refractivity contribution in [2.45, 2.75) is 0 Å². The minimum atomic E-state index is -0.774. The fraction of sp³-hybridized carbons (Fsp3) is 0.429. The average molecular weight is 485 g/mol. The highest BCUT2D eigenvalue weighted by molar-refractivity contribution is 5.92. The van der Waals surface area contributed by atoms with Gasteiger partial charge in [0.25, 0.3) is 0 Å². The first kappa shape index (κ1) is 30.0. The highest BCUT2D eigenvalue weighted by atomic mass is 16.5. The van der Waals surface area contributed by atoms with E-state index < -0.39 is 35.8 Å². The molecule has 0 rings (SSSR count). The van der Waals surface area contributed by atoms with Gasteiger partial charge in [0, 0.05) is 56.1 Å². The zero-order valence-corrected chi connectivity index (χ0v) is 19.1. The molecule has 0 bridgehead atoms. The number of ether oxygens (including phenoxy) is 6. The molecular formula is C21H27NO12. The lowest BCUT2D eigenvalue weighted by atomic mass is 10.4. The number of methoxy groups -OCH3 is 3. The van der Waals surface area contributed by atoms with Crippen LogP contribution < -0.4 is 0 Å². The molecule has 13 heteroatoms. The summed E-state index contributed by atoms with van der Waals surface area (Å²) in [7, 11) is 3.48. The van der Waals surface area contributed by atoms with Gasteiger partial charge in [-0.15, -0.1) is 0 Å². The summed E-state index contributed by atoms with van der Waals surface area (Å²) >= 11 is 0. The van der Waals surface area contributed by atoms with E-state index in [0.29, 0.717) is 0 Å². The van der Waals surface area contributed by atoms with Gasteiger partial charge in [0.05, 0.1) is 21.3 Å². The second kappa shape index (κ2) is 18.6. The summed E-state index contributed by atoms with van der Waals surface area (Å²) in [6, 6.07) is 0. The largest absolute Gasteiger partial charge is 0.466 e. The molecule has 0 aliphatic rings. The second-order valence-corrected chi connectivity index (χ2v) is 5.91. The molecule has 0 aliphatic heterocycles. The zero-order chi connectivity index (χ0) is 25.8. The highest BCUT2D eigenvalue weighted by Crippen LogP contribution is 1.95. The van der Waals surface area contributed by atoms with E-state index in [1.165, 1.54) is 0 Å². The Labute approximate surface area is 195 Å². The fourth-order valence-corrected chi connectivity index (χ4v) is 1.92. The van der Waals surface area contributed by atoms with Crippen molar-refractivity contribution < 1.29 is 57.2 Å². The molecular weight excluding hydrogens is 458 g/mol. The molecule has 0 fully saturated rings. The Morgan fingerprint density at radius 3 is 0.941 bits per heavy atom. The molecule has 0 aromatic heterocycles. The van der Waals surface area contributed by atoms with Crippen molar-refractivity contribution in [1.29, 1.82) is 0 Å². The fourth-order valence-electron chi connectivity index (χ4n) is 1.92. The third kappa shape index (κ3) is 16.7. The third-order valence-corrected chi connectivity index (χ3v) is 3.63. The van der Waals surface area contributed by atoms with Gasteiger partial charge in [-0.3, -0.25) is 4.90 Å². The van der Waals surface area contributed by atoms with Crippen LogP contribution in [0.3, 0.4) is 0 Å². The standard InChI is InChI=1S/C21H27NO12/c1-29-16(23)4-7-19(26)32-13-10-22(11-14-33-20(27)8-5-17(24)30-2)12-15-34-21(28)9-6-18(25)31-3/h4-9H,10-15H2,1-3H3/b7-4+,8-5+,9-6+. The molecule has 0 spiro atoms. The minimum absolute atomic E-state index is 0.0866. The lowest BCUT2D eigenvalue weighted by molar-refractivity contribution is -0.141. The Hall–Kier alpha value is -4.00. The van der Waals surface area contributed by atoms with Crippen LogP contribution in [0.25, 0.3) is 0 Å². The van der Waals surface area contributed by atoms with E-state index in [-0.39, 0.29) is 39.5 Å². The van der Waals surface area contributed by atoms with Crippen molar-refractivity contribution in [2.24, 2.45) is 0 Å². The minimum Gasteiger partial charge on any atom is -0.466 e. The van der Waals surface area contributed by atoms with E-state index in [2.05, 4.69) is 14.2 Å². The van der Waals surface area contributed by atoms with Gasteiger partial charge in [-0.2, -0.15) is 0 Å². The summed E-state index contributed by atoms with van der Waals surface area (Å²) < 4.78 is 28.0. The van der Waals surface area contributed by atoms with Crippen LogP contribution in [0, 0.1) is 0 Å². The molecule has 0 heterocycles. The molecule has 0 unspecified atom stereocenters. The molecule has 0 saturated heterocycles. The van der Waals surface area contributed by atoms with Crippen molar-refractivity contribution in [1.82, 2.24) is 4.90 Å². The Kier molecular flexibility index (Phi) is 16.4. The van der Waals surface area contributed by atoms with Gasteiger partial charge in [0.15, 0.2) is 0 Å². The van der Waals surface area contributed by atoms with Crippen LogP contribution in [0.15, 0.2) is 36.5 Å². The van der Waals surface area contributed by atoms with Crippen LogP contribution in [-0.4, -0.2) is 102 Å². The zero-order valence-electron chi connectivity index (χ0n) is 19.1. The lowest BCUT2D eigenvalue weighted by Crippen LogP contribution is -2.35. The van der Waals surface area contributed by atoms with Crippen LogP contribution in [0.4, 0.5) is 0 Å². The molecule has 0 aliphatic carbocycles. The first-order valence-corrected chi connectivity index (χ1v) is 9.72. The van der Waals surface area contributed by atoms with Gasteiger partial charge in [0.1, 0.15) is 19.8 Å². The predicted octanol–water partition coefficient (Wildman–Crippen LogP) is -0.894. The van der Waals surface area contributed by atoms with Crippen molar-refractivity contribution >= 4 is 35.8 Å². The summed E-state index contributed by atoms with van der Waals surface area (Å²) in [6.07, 6.45) is 5.43. The molecule has 0 atom stereocenters. The van der Waals surface area contributed by atoms with Gasteiger partial charge < -0.3 is 28.4 Å². The summed E-state index contributed by atoms with van der Waals surface area (Å²) in [5, 5.41) is 0. The molecule has 13 nitrogen and oxygen atoms in total. The smallest absolute Gasteiger partial charge is 0.331 e. The van der Waals surface area contributed by atoms with E-state index in [4.69, 9.17) is 14.2 Å². The van der Waals surface area contributed by atoms with Gasteiger partial charge >= 0.3 is 35.8 Å². The van der Waals surface area contributed by atoms with Gasteiger partial charge in [-0.1, -0.05) is 0 Å². The molecule has 34 heavy (non-hydrogen) atoms. The normalized spacial score (nSPS) is 10.9. The van der Waals surface area contributed by atoms with E-state index in [1.54, 1.807) is 4.90 Å². The highest BCUT2D eigenvalue weighted by Gasteiger charge is 2.10. The van der Waals surface area contributed by atoms with Crippen LogP contribution in [0.2, 0.25) is 0 Å². The number of hydrogen-bond donors (Lipinski definition) is 0. The first-order chi connectivity index (χ1) is 16.2. The second-order valence-electron chi connectivity index (χ2n) is 5.91. The number of nitrogens with zero attached hydrogens (tertiary/aromatic N) is 1. The van der Waals surface area contributed by atoms with Crippen LogP contribution in [0.1, 0.15) is 0 Å². The maximum atomic E-state index is 11.6. The van der Waals surface area contributed by atoms with Crippen LogP contribution in [-0.2, 0) is 57.2 Å². The Bertz CT molecular complexity index is 695. The molecule has 188 valence electrons. The lowest BCUT2D eigenvalue weighted by Gasteiger charge is -2.21. The Morgan fingerprint density at radius 1 is 0.471 bits per heavy atom. The Morgan fingerprint density at radius 2 is 0.706 bits per heavy atom. The van der Waals surface area contributed by atoms with Crippen LogP contribution in [0.5, 0.6) is 0 Å². The molecule has 0 radical (unpaired) electrons. The summed E-state index contributed by atoms with van der Waals surface area (Å²) in [4.78, 5) is 69.4. The molecule has 0 aromatic rings. The summed E-state index contributed by atoms with van der Waals surface area (Å²) in [6.45, 7) is 0.249. The number of hydrogen-bond acceptors (Lipinski definition) is 13. The van der Waals surface area contributed by atoms with Crippen molar-refractivity contribution in [3.05, 3.63) is 36.5 Å². The topological polar surface area (TPSA) is 161 Å². The number of carbonyl (C=O) groups is 6. The van der Waals surface area contributed by atoms with E-state index in [9.17, 15) is 28.8 Å². The van der Waals surface area contributed by atoms with Gasteiger partial charge in [-0.05, 0) is 0 Å². The maximum Gasteiger partial charge on any atom is 0.331 e. The third-order valence-electron chi connectivity index (χ3n) is 3.63. The average Bonchev–Trinajstić information content (AvgIpc) is 2.83. The SMILES string of the molecule is COC(=O)/C=C/C(=O)OCCN(CCOC(=O)/C=C/C(=O)OC)CCOC(=O)/C=C/C(=O)OC. The van der Waals surface area contributed by atoms with Crippen molar-refractivity contribution in [2.75, 3.05) is 60.8 Å². The van der Waals surface area contributed by atoms with Crippen molar-refractivity contribution in [3.63, 3.8) is 0 Å². The quantitative estimate of drug-likeness (QED) is 0.160. The number of carbonyl (C=O) groups excluding carboxylic acids is 6. The van der Waals surface area contributed by atoms with Gasteiger partial charge in [-0.25, -0.2) is 28.8 Å². The molecule has 0 N–H and O–H groups in total. The molecule has 0 aromatic carbocycles. The van der Waals surface area contributed by atoms with E-state index in [0.717, 1.165) is 57.8 Å². The molecule has 0 saturated carbocycles. The van der Waals surface area contributed by atoms with E-state index >= 15 is 0 Å². The number of esters is 6. The van der Waals surface area contributed by atoms with Crippen molar-refractivity contribution in [3.8, 4) is 0 Å². The molecule has 0 amide bonds. The summed E-state index contributed by atoms with van der Waals surface area (Å²) in [5.74, 6) is -4.48.